The summed E-state index contributed by atoms with van der Waals surface area (Å²) in [6.45, 7) is 9.33. The van der Waals surface area contributed by atoms with Crippen molar-refractivity contribution in [1.29, 1.82) is 0 Å². The first kappa shape index (κ1) is 22.5. The Balaban J connectivity index is 1.56. The number of rotatable bonds is 4. The van der Waals surface area contributed by atoms with Crippen LogP contribution in [0, 0.1) is 6.92 Å². The van der Waals surface area contributed by atoms with Crippen molar-refractivity contribution in [3.63, 3.8) is 0 Å². The van der Waals surface area contributed by atoms with E-state index in [9.17, 15) is 0 Å². The quantitative estimate of drug-likeness (QED) is 0.231. The largest absolute Gasteiger partial charge is 0.309 e. The molecule has 0 amide bonds. The van der Waals surface area contributed by atoms with Gasteiger partial charge in [0, 0.05) is 28.2 Å². The second-order valence-electron chi connectivity index (χ2n) is 10.7. The molecule has 6 rings (SSSR count). The van der Waals surface area contributed by atoms with E-state index in [1.807, 2.05) is 0 Å². The van der Waals surface area contributed by atoms with Gasteiger partial charge in [0.1, 0.15) is 0 Å². The molecule has 0 aliphatic carbocycles. The number of fused-ring (bicyclic) bond motifs is 3. The maximum atomic E-state index is 5.00. The summed E-state index contributed by atoms with van der Waals surface area (Å²) in [5, 5.41) is 3.91. The molecule has 0 bridgehead atoms. The summed E-state index contributed by atoms with van der Waals surface area (Å²) in [4.78, 5) is 5.00. The molecule has 36 heavy (non-hydrogen) atoms. The number of aromatic nitrogens is 2. The molecule has 3 heteroatoms. The van der Waals surface area contributed by atoms with E-state index in [-0.39, 0.29) is 0 Å². The molecule has 2 nitrogen and oxygen atoms in total. The van der Waals surface area contributed by atoms with E-state index in [4.69, 9.17) is 4.98 Å². The van der Waals surface area contributed by atoms with Gasteiger partial charge in [0.15, 0.2) is 0 Å². The van der Waals surface area contributed by atoms with Crippen LogP contribution in [0.4, 0.5) is 0 Å². The summed E-state index contributed by atoms with van der Waals surface area (Å²) in [5.74, 6) is 0. The Morgan fingerprint density at radius 1 is 0.639 bits per heavy atom. The van der Waals surface area contributed by atoms with Crippen LogP contribution in [0.15, 0.2) is 109 Å². The molecule has 0 aliphatic heterocycles. The molecular formula is C33H30N2Si. The Morgan fingerprint density at radius 3 is 2.06 bits per heavy atom. The van der Waals surface area contributed by atoms with Gasteiger partial charge in [0.25, 0.3) is 0 Å². The van der Waals surface area contributed by atoms with E-state index in [0.717, 1.165) is 11.3 Å². The zero-order valence-corrected chi connectivity index (χ0v) is 22.3. The first-order valence-corrected chi connectivity index (χ1v) is 16.1. The summed E-state index contributed by atoms with van der Waals surface area (Å²) < 4.78 is 2.36. The standard InChI is InChI=1S/C33H30N2Si/c1-23-14-16-24(17-15-23)28-21-30(34-22-33(28)36(2,3)4)25-18-19-32-29(20-25)27-12-8-9-13-31(27)35(32)26-10-6-5-7-11-26/h5-22H,1-4H3. The Hall–Kier alpha value is -3.95. The van der Waals surface area contributed by atoms with E-state index >= 15 is 0 Å². The van der Waals surface area contributed by atoms with Gasteiger partial charge in [-0.05, 0) is 59.6 Å². The minimum Gasteiger partial charge on any atom is -0.309 e. The second-order valence-corrected chi connectivity index (χ2v) is 15.7. The maximum absolute atomic E-state index is 5.00. The fourth-order valence-corrected chi connectivity index (χ4v) is 6.65. The molecule has 0 unspecified atom stereocenters. The van der Waals surface area contributed by atoms with Crippen LogP contribution in [0.5, 0.6) is 0 Å². The van der Waals surface area contributed by atoms with Crippen molar-refractivity contribution in [2.24, 2.45) is 0 Å². The third-order valence-electron chi connectivity index (χ3n) is 7.06. The number of hydrogen-bond acceptors (Lipinski definition) is 1. The van der Waals surface area contributed by atoms with Crippen molar-refractivity contribution < 1.29 is 0 Å². The zero-order chi connectivity index (χ0) is 24.9. The molecule has 0 aliphatic rings. The third-order valence-corrected chi connectivity index (χ3v) is 9.07. The van der Waals surface area contributed by atoms with Gasteiger partial charge < -0.3 is 4.57 Å². The van der Waals surface area contributed by atoms with E-state index in [0.29, 0.717) is 0 Å². The van der Waals surface area contributed by atoms with Gasteiger partial charge in [-0.15, -0.1) is 0 Å². The van der Waals surface area contributed by atoms with Crippen LogP contribution in [0.25, 0.3) is 49.9 Å². The summed E-state index contributed by atoms with van der Waals surface area (Å²) in [5.41, 5.74) is 9.63. The average Bonchev–Trinajstić information content (AvgIpc) is 3.22. The van der Waals surface area contributed by atoms with Gasteiger partial charge in [0.05, 0.1) is 24.8 Å². The number of hydrogen-bond donors (Lipinski definition) is 0. The van der Waals surface area contributed by atoms with Gasteiger partial charge in [-0.25, -0.2) is 0 Å². The highest BCUT2D eigenvalue weighted by atomic mass is 28.3. The lowest BCUT2D eigenvalue weighted by Gasteiger charge is -2.21. The lowest BCUT2D eigenvalue weighted by Crippen LogP contribution is -2.39. The molecule has 0 atom stereocenters. The molecule has 2 heterocycles. The number of para-hydroxylation sites is 2. The van der Waals surface area contributed by atoms with E-state index in [1.54, 1.807) is 0 Å². The van der Waals surface area contributed by atoms with Gasteiger partial charge in [-0.1, -0.05) is 91.9 Å². The highest BCUT2D eigenvalue weighted by Gasteiger charge is 2.22. The van der Waals surface area contributed by atoms with Gasteiger partial charge in [-0.3, -0.25) is 4.98 Å². The molecule has 0 N–H and O–H groups in total. The zero-order valence-electron chi connectivity index (χ0n) is 21.3. The van der Waals surface area contributed by atoms with Crippen LogP contribution in [-0.2, 0) is 0 Å². The van der Waals surface area contributed by atoms with Crippen molar-refractivity contribution >= 4 is 35.1 Å². The average molecular weight is 483 g/mol. The fraction of sp³-hybridized carbons (Fsp3) is 0.121. The Morgan fingerprint density at radius 2 is 1.31 bits per heavy atom. The van der Waals surface area contributed by atoms with Crippen LogP contribution in [0.1, 0.15) is 5.56 Å². The fourth-order valence-electron chi connectivity index (χ4n) is 5.17. The van der Waals surface area contributed by atoms with E-state index in [2.05, 4.69) is 140 Å². The SMILES string of the molecule is Cc1ccc(-c2cc(-c3ccc4c(c3)c3ccccc3n4-c3ccccc3)ncc2[Si](C)(C)C)cc1. The monoisotopic (exact) mass is 482 g/mol. The normalized spacial score (nSPS) is 11.9. The van der Waals surface area contributed by atoms with Crippen molar-refractivity contribution in [1.82, 2.24) is 9.55 Å². The minimum absolute atomic E-state index is 1.02. The number of nitrogens with zero attached hydrogens (tertiary/aromatic N) is 2. The smallest absolute Gasteiger partial charge is 0.0804 e. The summed E-state index contributed by atoms with van der Waals surface area (Å²) in [6.07, 6.45) is 2.13. The third kappa shape index (κ3) is 3.86. The van der Waals surface area contributed by atoms with Crippen molar-refractivity contribution in [2.45, 2.75) is 26.6 Å². The Bertz CT molecular complexity index is 1710. The number of benzene rings is 4. The first-order valence-electron chi connectivity index (χ1n) is 12.6. The van der Waals surface area contributed by atoms with Crippen molar-refractivity contribution in [3.8, 4) is 28.1 Å². The molecule has 6 aromatic rings. The van der Waals surface area contributed by atoms with Crippen LogP contribution in [0.3, 0.4) is 0 Å². The topological polar surface area (TPSA) is 17.8 Å². The summed E-state index contributed by atoms with van der Waals surface area (Å²) >= 11 is 0. The molecule has 0 saturated carbocycles. The molecule has 4 aromatic carbocycles. The van der Waals surface area contributed by atoms with Gasteiger partial charge in [0.2, 0.25) is 0 Å². The molecular weight excluding hydrogens is 452 g/mol. The van der Waals surface area contributed by atoms with Crippen molar-refractivity contribution in [2.75, 3.05) is 0 Å². The summed E-state index contributed by atoms with van der Waals surface area (Å²) in [7, 11) is -1.58. The minimum atomic E-state index is -1.58. The highest BCUT2D eigenvalue weighted by Crippen LogP contribution is 2.35. The second kappa shape index (κ2) is 8.61. The lowest BCUT2D eigenvalue weighted by molar-refractivity contribution is 1.18. The predicted octanol–water partition coefficient (Wildman–Crippen LogP) is 8.37. The lowest BCUT2D eigenvalue weighted by atomic mass is 10.0. The molecule has 0 spiro atoms. The molecule has 0 saturated heterocycles. The Kier molecular flexibility index (Phi) is 5.38. The van der Waals surface area contributed by atoms with Crippen molar-refractivity contribution in [3.05, 3.63) is 115 Å². The molecule has 2 aromatic heterocycles. The predicted molar refractivity (Wildman–Crippen MR) is 157 cm³/mol. The first-order chi connectivity index (χ1) is 17.4. The maximum Gasteiger partial charge on any atom is 0.0804 e. The number of aryl methyl sites for hydroxylation is 1. The molecule has 0 radical (unpaired) electrons. The Labute approximate surface area is 213 Å². The van der Waals surface area contributed by atoms with E-state index in [1.165, 1.54) is 49.4 Å². The van der Waals surface area contributed by atoms with Gasteiger partial charge >= 0.3 is 0 Å². The highest BCUT2D eigenvalue weighted by molar-refractivity contribution is 6.89. The molecule has 176 valence electrons. The number of pyridine rings is 1. The van der Waals surface area contributed by atoms with Crippen LogP contribution >= 0.6 is 0 Å². The van der Waals surface area contributed by atoms with E-state index < -0.39 is 8.07 Å². The molecule has 0 fully saturated rings. The van der Waals surface area contributed by atoms with Crippen LogP contribution < -0.4 is 5.19 Å². The van der Waals surface area contributed by atoms with Gasteiger partial charge in [-0.2, -0.15) is 0 Å². The van der Waals surface area contributed by atoms with Crippen LogP contribution in [0.2, 0.25) is 19.6 Å². The summed E-state index contributed by atoms with van der Waals surface area (Å²) in [6, 6.07) is 37.2. The van der Waals surface area contributed by atoms with Crippen LogP contribution in [-0.4, -0.2) is 17.6 Å².